The molecule has 1 aromatic heterocycles. The number of carbonyl (C=O) groups is 6. The Hall–Kier alpha value is -3.90. The minimum absolute atomic E-state index is 0.0212. The lowest BCUT2D eigenvalue weighted by Crippen LogP contribution is -2.69. The first kappa shape index (κ1) is 38.8. The first-order valence-corrected chi connectivity index (χ1v) is 20.1. The second kappa shape index (κ2) is 15.8. The van der Waals surface area contributed by atoms with Gasteiger partial charge in [0.2, 0.25) is 23.5 Å². The summed E-state index contributed by atoms with van der Waals surface area (Å²) in [5.41, 5.74) is -1.31. The van der Waals surface area contributed by atoms with Crippen LogP contribution < -0.4 is 21.3 Å². The molecular formula is C40H59N7O6. The Morgan fingerprint density at radius 1 is 0.925 bits per heavy atom. The van der Waals surface area contributed by atoms with Gasteiger partial charge in [0.1, 0.15) is 29.9 Å². The minimum atomic E-state index is -0.997. The van der Waals surface area contributed by atoms with Gasteiger partial charge in [-0.05, 0) is 75.0 Å². The highest BCUT2D eigenvalue weighted by molar-refractivity contribution is 6.39. The van der Waals surface area contributed by atoms with Gasteiger partial charge >= 0.3 is 0 Å². The van der Waals surface area contributed by atoms with E-state index in [0.717, 1.165) is 64.2 Å². The SMILES string of the molecule is CCC12CC[C@H]3CN(C(=O)[C@@H](NC(=O)[C@@H](NC(=O)c4cnccn4)C4CCCCC4)C(C)(C)C)[C@H](C(=O)N[C@@H]1C(=O)C(=O)N[C@@H](C)C1CCCCC1)[C@H]32. The van der Waals surface area contributed by atoms with Crippen LogP contribution in [0.25, 0.3) is 0 Å². The van der Waals surface area contributed by atoms with Crippen LogP contribution in [0.4, 0.5) is 0 Å². The maximum absolute atomic E-state index is 14.7. The smallest absolute Gasteiger partial charge is 0.289 e. The highest BCUT2D eigenvalue weighted by Gasteiger charge is 2.67. The number of amides is 5. The van der Waals surface area contributed by atoms with E-state index >= 15 is 0 Å². The van der Waals surface area contributed by atoms with Crippen LogP contribution in [0.2, 0.25) is 0 Å². The Bertz CT molecular complexity index is 1550. The van der Waals surface area contributed by atoms with E-state index in [2.05, 4.69) is 31.2 Å². The number of carbonyl (C=O) groups excluding carboxylic acids is 6. The Kier molecular flexibility index (Phi) is 11.6. The summed E-state index contributed by atoms with van der Waals surface area (Å²) in [6, 6.07) is -3.80. The fourth-order valence-electron chi connectivity index (χ4n) is 10.5. The molecule has 53 heavy (non-hydrogen) atoms. The van der Waals surface area contributed by atoms with Crippen molar-refractivity contribution in [2.24, 2.45) is 34.5 Å². The van der Waals surface area contributed by atoms with Crippen LogP contribution in [0.3, 0.4) is 0 Å². The number of hydrogen-bond acceptors (Lipinski definition) is 8. The van der Waals surface area contributed by atoms with Gasteiger partial charge in [0, 0.05) is 36.3 Å². The van der Waals surface area contributed by atoms with E-state index in [9.17, 15) is 28.8 Å². The van der Waals surface area contributed by atoms with Crippen molar-refractivity contribution in [1.82, 2.24) is 36.1 Å². The maximum Gasteiger partial charge on any atom is 0.289 e. The third kappa shape index (κ3) is 7.72. The highest BCUT2D eigenvalue weighted by atomic mass is 16.2. The quantitative estimate of drug-likeness (QED) is 0.250. The monoisotopic (exact) mass is 733 g/mol. The minimum Gasteiger partial charge on any atom is -0.347 e. The van der Waals surface area contributed by atoms with Crippen molar-refractivity contribution in [2.75, 3.05) is 6.54 Å². The molecule has 6 rings (SSSR count). The number of Topliss-reactive ketones (excluding diaryl/α,β-unsaturated/α-hetero) is 1. The van der Waals surface area contributed by atoms with Crippen LogP contribution >= 0.6 is 0 Å². The van der Waals surface area contributed by atoms with Gasteiger partial charge in [-0.15, -0.1) is 0 Å². The average Bonchev–Trinajstić information content (AvgIpc) is 3.74. The predicted molar refractivity (Wildman–Crippen MR) is 197 cm³/mol. The predicted octanol–water partition coefficient (Wildman–Crippen LogP) is 3.47. The first-order chi connectivity index (χ1) is 25.3. The molecule has 0 radical (unpaired) electrons. The van der Waals surface area contributed by atoms with Crippen molar-refractivity contribution in [3.8, 4) is 0 Å². The number of nitrogens with one attached hydrogen (secondary N) is 4. The summed E-state index contributed by atoms with van der Waals surface area (Å²) >= 11 is 0. The van der Waals surface area contributed by atoms with Crippen LogP contribution in [0, 0.1) is 34.5 Å². The van der Waals surface area contributed by atoms with Gasteiger partial charge in [0.15, 0.2) is 0 Å². The maximum atomic E-state index is 14.7. The summed E-state index contributed by atoms with van der Waals surface area (Å²) in [5, 5.41) is 11.9. The number of nitrogens with zero attached hydrogens (tertiary/aromatic N) is 3. The molecule has 0 spiro atoms. The summed E-state index contributed by atoms with van der Waals surface area (Å²) in [4.78, 5) is 93.4. The summed E-state index contributed by atoms with van der Waals surface area (Å²) in [5.74, 6) is -3.10. The van der Waals surface area contributed by atoms with E-state index < -0.39 is 64.4 Å². The van der Waals surface area contributed by atoms with E-state index in [0.29, 0.717) is 25.3 Å². The summed E-state index contributed by atoms with van der Waals surface area (Å²) in [6.45, 7) is 9.92. The zero-order valence-electron chi connectivity index (χ0n) is 32.1. The van der Waals surface area contributed by atoms with E-state index in [4.69, 9.17) is 0 Å². The molecule has 3 aliphatic carbocycles. The largest absolute Gasteiger partial charge is 0.347 e. The molecule has 0 aromatic carbocycles. The molecule has 5 amide bonds. The Balaban J connectivity index is 1.21. The molecule has 4 N–H and O–H groups in total. The number of hydrogen-bond donors (Lipinski definition) is 4. The molecule has 1 unspecified atom stereocenters. The first-order valence-electron chi connectivity index (χ1n) is 20.1. The fourth-order valence-corrected chi connectivity index (χ4v) is 10.5. The Morgan fingerprint density at radius 3 is 2.19 bits per heavy atom. The Labute approximate surface area is 313 Å². The summed E-state index contributed by atoms with van der Waals surface area (Å²) in [6.07, 6.45) is 16.2. The van der Waals surface area contributed by atoms with Crippen LogP contribution in [0.15, 0.2) is 18.6 Å². The van der Waals surface area contributed by atoms with E-state index in [-0.39, 0.29) is 35.4 Å². The fraction of sp³-hybridized carbons (Fsp3) is 0.750. The van der Waals surface area contributed by atoms with Crippen LogP contribution in [0.5, 0.6) is 0 Å². The van der Waals surface area contributed by atoms with Gasteiger partial charge in [0.05, 0.1) is 6.20 Å². The molecule has 5 fully saturated rings. The second-order valence-electron chi connectivity index (χ2n) is 17.6. The van der Waals surface area contributed by atoms with Gasteiger partial charge in [0.25, 0.3) is 11.8 Å². The van der Waals surface area contributed by atoms with Gasteiger partial charge in [-0.1, -0.05) is 66.2 Å². The molecule has 13 nitrogen and oxygen atoms in total. The molecule has 2 saturated heterocycles. The molecule has 13 heteroatoms. The zero-order valence-corrected chi connectivity index (χ0v) is 32.1. The number of likely N-dealkylation sites (tertiary alicyclic amines) is 1. The van der Waals surface area contributed by atoms with E-state index in [1.165, 1.54) is 25.0 Å². The molecular weight excluding hydrogens is 674 g/mol. The molecule has 8 atom stereocenters. The van der Waals surface area contributed by atoms with E-state index in [1.54, 1.807) is 4.90 Å². The molecule has 1 aromatic rings. The molecule has 5 aliphatic rings. The van der Waals surface area contributed by atoms with Crippen LogP contribution in [-0.2, 0) is 24.0 Å². The lowest BCUT2D eigenvalue weighted by Gasteiger charge is -2.48. The van der Waals surface area contributed by atoms with Crippen molar-refractivity contribution in [3.63, 3.8) is 0 Å². The van der Waals surface area contributed by atoms with Crippen molar-refractivity contribution in [3.05, 3.63) is 24.3 Å². The van der Waals surface area contributed by atoms with Crippen LogP contribution in [0.1, 0.15) is 129 Å². The highest BCUT2D eigenvalue weighted by Crippen LogP contribution is 2.59. The van der Waals surface area contributed by atoms with Gasteiger partial charge in [-0.3, -0.25) is 33.8 Å². The molecule has 2 aliphatic heterocycles. The topological polar surface area (TPSA) is 180 Å². The third-order valence-electron chi connectivity index (χ3n) is 13.4. The average molecular weight is 734 g/mol. The Morgan fingerprint density at radius 2 is 1.58 bits per heavy atom. The summed E-state index contributed by atoms with van der Waals surface area (Å²) in [7, 11) is 0. The third-order valence-corrected chi connectivity index (χ3v) is 13.4. The number of piperidine rings is 1. The number of aromatic nitrogens is 2. The van der Waals surface area contributed by atoms with Crippen molar-refractivity contribution >= 4 is 35.3 Å². The molecule has 3 heterocycles. The van der Waals surface area contributed by atoms with Crippen molar-refractivity contribution < 1.29 is 28.8 Å². The summed E-state index contributed by atoms with van der Waals surface area (Å²) < 4.78 is 0. The van der Waals surface area contributed by atoms with Crippen molar-refractivity contribution in [1.29, 1.82) is 0 Å². The molecule has 3 saturated carbocycles. The molecule has 290 valence electrons. The van der Waals surface area contributed by atoms with Gasteiger partial charge < -0.3 is 26.2 Å². The normalized spacial score (nSPS) is 29.3. The van der Waals surface area contributed by atoms with E-state index in [1.807, 2.05) is 34.6 Å². The van der Waals surface area contributed by atoms with Crippen LogP contribution in [-0.4, -0.2) is 86.9 Å². The second-order valence-corrected chi connectivity index (χ2v) is 17.6. The lowest BCUT2D eigenvalue weighted by atomic mass is 9.63. The lowest BCUT2D eigenvalue weighted by molar-refractivity contribution is -0.153. The van der Waals surface area contributed by atoms with Gasteiger partial charge in [-0.25, -0.2) is 4.98 Å². The molecule has 0 bridgehead atoms. The standard InChI is InChI=1S/C40H59N7O6/c1-6-40-18-17-26-22-47(30(28(26)40)36(51)45-32(40)31(48)37(52)43-23(2)24-13-9-7-10-14-24)38(53)33(39(3,4)5)46-35(50)29(25-15-11-8-12-16-25)44-34(49)27-21-41-19-20-42-27/h19-21,23-26,28-30,32-33H,6-18,22H2,1-5H3,(H,43,52)(H,44,49)(H,45,51)(H,46,50)/t23-,26-,28-,29-,30-,32+,33+,40?/m0/s1. The number of ketones is 1. The number of rotatable bonds is 11. The zero-order chi connectivity index (χ0) is 38.1. The van der Waals surface area contributed by atoms with Crippen molar-refractivity contribution in [2.45, 2.75) is 148 Å². The van der Waals surface area contributed by atoms with Gasteiger partial charge in [-0.2, -0.15) is 0 Å².